The minimum atomic E-state index is -0.202. The van der Waals surface area contributed by atoms with Crippen molar-refractivity contribution < 1.29 is 9.32 Å². The SMILES string of the molecule is Cc1noc(-c2cnc(N(C)C)nc2-c2ccc(CNC(=O)c3ccn[nH]3)cc2)c1C. The lowest BCUT2D eigenvalue weighted by Gasteiger charge is -2.14. The summed E-state index contributed by atoms with van der Waals surface area (Å²) < 4.78 is 5.57. The second-order valence-electron chi connectivity index (χ2n) is 7.40. The van der Waals surface area contributed by atoms with Crippen LogP contribution in [0.4, 0.5) is 5.95 Å². The van der Waals surface area contributed by atoms with Gasteiger partial charge in [0.15, 0.2) is 5.76 Å². The van der Waals surface area contributed by atoms with Crippen LogP contribution in [0.5, 0.6) is 0 Å². The Morgan fingerprint density at radius 1 is 1.16 bits per heavy atom. The lowest BCUT2D eigenvalue weighted by molar-refractivity contribution is 0.0946. The monoisotopic (exact) mass is 417 g/mol. The highest BCUT2D eigenvalue weighted by Crippen LogP contribution is 2.34. The molecule has 158 valence electrons. The number of H-pyrrole nitrogens is 1. The van der Waals surface area contributed by atoms with Gasteiger partial charge < -0.3 is 14.7 Å². The summed E-state index contributed by atoms with van der Waals surface area (Å²) in [6.45, 7) is 4.28. The molecule has 4 rings (SSSR count). The number of carbonyl (C=O) groups excluding carboxylic acids is 1. The van der Waals surface area contributed by atoms with Crippen LogP contribution in [0.2, 0.25) is 0 Å². The van der Waals surface area contributed by atoms with Gasteiger partial charge in [0.25, 0.3) is 5.91 Å². The highest BCUT2D eigenvalue weighted by Gasteiger charge is 2.19. The van der Waals surface area contributed by atoms with Gasteiger partial charge in [-0.3, -0.25) is 9.89 Å². The van der Waals surface area contributed by atoms with E-state index in [2.05, 4.69) is 25.7 Å². The van der Waals surface area contributed by atoms with Gasteiger partial charge in [-0.1, -0.05) is 29.4 Å². The summed E-state index contributed by atoms with van der Waals surface area (Å²) in [5.41, 5.74) is 5.64. The quantitative estimate of drug-likeness (QED) is 0.495. The third kappa shape index (κ3) is 4.16. The van der Waals surface area contributed by atoms with Crippen molar-refractivity contribution in [2.24, 2.45) is 0 Å². The first-order valence-electron chi connectivity index (χ1n) is 9.78. The number of nitrogens with one attached hydrogen (secondary N) is 2. The van der Waals surface area contributed by atoms with Crippen molar-refractivity contribution >= 4 is 11.9 Å². The molecule has 2 N–H and O–H groups in total. The van der Waals surface area contributed by atoms with E-state index < -0.39 is 0 Å². The third-order valence-corrected chi connectivity index (χ3v) is 5.00. The van der Waals surface area contributed by atoms with E-state index >= 15 is 0 Å². The van der Waals surface area contributed by atoms with Gasteiger partial charge in [-0.15, -0.1) is 0 Å². The van der Waals surface area contributed by atoms with E-state index in [1.807, 2.05) is 57.1 Å². The third-order valence-electron chi connectivity index (χ3n) is 5.00. The molecule has 3 heterocycles. The topological polar surface area (TPSA) is 113 Å². The summed E-state index contributed by atoms with van der Waals surface area (Å²) in [5, 5.41) is 13.4. The first-order valence-corrected chi connectivity index (χ1v) is 9.78. The Labute approximate surface area is 179 Å². The van der Waals surface area contributed by atoms with Crippen molar-refractivity contribution in [3.8, 4) is 22.6 Å². The summed E-state index contributed by atoms with van der Waals surface area (Å²) in [4.78, 5) is 23.1. The molecule has 0 bridgehead atoms. The van der Waals surface area contributed by atoms with E-state index in [1.165, 1.54) is 0 Å². The molecule has 0 aliphatic rings. The molecule has 9 heteroatoms. The summed E-state index contributed by atoms with van der Waals surface area (Å²) in [7, 11) is 3.79. The summed E-state index contributed by atoms with van der Waals surface area (Å²) in [6.07, 6.45) is 3.31. The highest BCUT2D eigenvalue weighted by molar-refractivity contribution is 5.92. The molecule has 3 aromatic heterocycles. The predicted molar refractivity (Wildman–Crippen MR) is 117 cm³/mol. The molecular formula is C22H23N7O2. The molecule has 0 spiro atoms. The van der Waals surface area contributed by atoms with E-state index in [-0.39, 0.29) is 5.91 Å². The zero-order chi connectivity index (χ0) is 22.0. The second-order valence-corrected chi connectivity index (χ2v) is 7.40. The van der Waals surface area contributed by atoms with Gasteiger partial charge in [-0.05, 0) is 25.5 Å². The van der Waals surface area contributed by atoms with Crippen LogP contribution in [0, 0.1) is 13.8 Å². The van der Waals surface area contributed by atoms with Crippen LogP contribution < -0.4 is 10.2 Å². The maximum atomic E-state index is 12.1. The van der Waals surface area contributed by atoms with Crippen molar-refractivity contribution in [1.82, 2.24) is 30.6 Å². The number of nitrogens with zero attached hydrogens (tertiary/aromatic N) is 5. The van der Waals surface area contributed by atoms with Crippen molar-refractivity contribution in [2.75, 3.05) is 19.0 Å². The van der Waals surface area contributed by atoms with Gasteiger partial charge in [0.2, 0.25) is 5.95 Å². The fraction of sp³-hybridized carbons (Fsp3) is 0.227. The maximum Gasteiger partial charge on any atom is 0.269 e. The van der Waals surface area contributed by atoms with Crippen LogP contribution >= 0.6 is 0 Å². The van der Waals surface area contributed by atoms with Gasteiger partial charge in [0.05, 0.1) is 17.0 Å². The fourth-order valence-corrected chi connectivity index (χ4v) is 3.08. The molecule has 0 saturated heterocycles. The van der Waals surface area contributed by atoms with Crippen molar-refractivity contribution in [3.63, 3.8) is 0 Å². The number of rotatable bonds is 6. The van der Waals surface area contributed by atoms with Crippen LogP contribution in [-0.4, -0.2) is 45.3 Å². The van der Waals surface area contributed by atoms with E-state index in [4.69, 9.17) is 9.51 Å². The maximum absolute atomic E-state index is 12.1. The normalized spacial score (nSPS) is 10.8. The number of amides is 1. The van der Waals surface area contributed by atoms with E-state index in [0.717, 1.165) is 33.6 Å². The van der Waals surface area contributed by atoms with Gasteiger partial charge in [-0.25, -0.2) is 9.97 Å². The molecule has 1 amide bonds. The molecule has 0 saturated carbocycles. The van der Waals surface area contributed by atoms with Crippen LogP contribution in [0.25, 0.3) is 22.6 Å². The van der Waals surface area contributed by atoms with E-state index in [9.17, 15) is 4.79 Å². The molecule has 0 aliphatic heterocycles. The Kier molecular flexibility index (Phi) is 5.48. The molecule has 9 nitrogen and oxygen atoms in total. The van der Waals surface area contributed by atoms with Crippen molar-refractivity contribution in [3.05, 3.63) is 65.2 Å². The number of hydrogen-bond acceptors (Lipinski definition) is 7. The predicted octanol–water partition coefficient (Wildman–Crippen LogP) is 3.13. The molecule has 1 aromatic carbocycles. The Morgan fingerprint density at radius 2 is 1.94 bits per heavy atom. The number of hydrogen-bond donors (Lipinski definition) is 2. The number of carbonyl (C=O) groups is 1. The summed E-state index contributed by atoms with van der Waals surface area (Å²) >= 11 is 0. The first-order chi connectivity index (χ1) is 14.9. The lowest BCUT2D eigenvalue weighted by Crippen LogP contribution is -2.23. The molecule has 4 aromatic rings. The Bertz CT molecular complexity index is 1200. The Hall–Kier alpha value is -4.01. The molecule has 0 aliphatic carbocycles. The highest BCUT2D eigenvalue weighted by atomic mass is 16.5. The molecular weight excluding hydrogens is 394 g/mol. The van der Waals surface area contributed by atoms with Crippen LogP contribution in [-0.2, 0) is 6.54 Å². The summed E-state index contributed by atoms with van der Waals surface area (Å²) in [5.74, 6) is 1.06. The molecule has 0 fully saturated rings. The molecule has 0 atom stereocenters. The Morgan fingerprint density at radius 3 is 2.55 bits per heavy atom. The lowest BCUT2D eigenvalue weighted by atomic mass is 10.0. The molecule has 0 radical (unpaired) electrons. The van der Waals surface area contributed by atoms with Gasteiger partial charge in [-0.2, -0.15) is 5.10 Å². The summed E-state index contributed by atoms with van der Waals surface area (Å²) in [6, 6.07) is 9.50. The van der Waals surface area contributed by atoms with Crippen LogP contribution in [0.1, 0.15) is 27.3 Å². The zero-order valence-corrected chi connectivity index (χ0v) is 17.8. The number of aromatic amines is 1. The van der Waals surface area contributed by atoms with Gasteiger partial charge in [0, 0.05) is 44.2 Å². The largest absolute Gasteiger partial charge is 0.356 e. The van der Waals surface area contributed by atoms with E-state index in [0.29, 0.717) is 23.9 Å². The van der Waals surface area contributed by atoms with Crippen molar-refractivity contribution in [2.45, 2.75) is 20.4 Å². The average Bonchev–Trinajstić information content (AvgIpc) is 3.43. The minimum absolute atomic E-state index is 0.202. The first kappa shape index (κ1) is 20.3. The van der Waals surface area contributed by atoms with Gasteiger partial charge >= 0.3 is 0 Å². The number of anilines is 1. The van der Waals surface area contributed by atoms with Gasteiger partial charge in [0.1, 0.15) is 5.69 Å². The number of aryl methyl sites for hydroxylation is 1. The van der Waals surface area contributed by atoms with Crippen LogP contribution in [0.3, 0.4) is 0 Å². The van der Waals surface area contributed by atoms with Crippen molar-refractivity contribution in [1.29, 1.82) is 0 Å². The smallest absolute Gasteiger partial charge is 0.269 e. The number of benzene rings is 1. The standard InChI is InChI=1S/C22H23N7O2/c1-13-14(2)28-31-20(13)17-12-24-22(29(3)4)26-19(17)16-7-5-15(6-8-16)11-23-21(30)18-9-10-25-27-18/h5-10,12H,11H2,1-4H3,(H,23,30)(H,25,27). The minimum Gasteiger partial charge on any atom is -0.356 e. The zero-order valence-electron chi connectivity index (χ0n) is 17.8. The average molecular weight is 417 g/mol. The van der Waals surface area contributed by atoms with Crippen LogP contribution in [0.15, 0.2) is 47.2 Å². The molecule has 31 heavy (non-hydrogen) atoms. The van der Waals surface area contributed by atoms with E-state index in [1.54, 1.807) is 18.5 Å². The second kappa shape index (κ2) is 8.39. The fourth-order valence-electron chi connectivity index (χ4n) is 3.08. The molecule has 0 unspecified atom stereocenters. The number of aromatic nitrogens is 5. The Balaban J connectivity index is 1.63.